The molecule has 0 bridgehead atoms. The maximum Gasteiger partial charge on any atom is 0.267 e. The fraction of sp³-hybridized carbons (Fsp3) is 0.167. The van der Waals surface area contributed by atoms with Crippen LogP contribution in [0.5, 0.6) is 0 Å². The maximum atomic E-state index is 14.0. The summed E-state index contributed by atoms with van der Waals surface area (Å²) in [5, 5.41) is 3.30. The van der Waals surface area contributed by atoms with Crippen LogP contribution in [-0.2, 0) is 0 Å². The molecule has 0 saturated carbocycles. The van der Waals surface area contributed by atoms with Gasteiger partial charge >= 0.3 is 0 Å². The van der Waals surface area contributed by atoms with Crippen molar-refractivity contribution in [3.05, 3.63) is 71.2 Å². The summed E-state index contributed by atoms with van der Waals surface area (Å²) in [5.74, 6) is -0.520. The van der Waals surface area contributed by atoms with Gasteiger partial charge in [0.25, 0.3) is 5.91 Å². The maximum absolute atomic E-state index is 14.0. The summed E-state index contributed by atoms with van der Waals surface area (Å²) in [5.41, 5.74) is 2.62. The Morgan fingerprint density at radius 3 is 3.09 bits per heavy atom. The number of aryl methyl sites for hydroxylation is 1. The number of allylic oxidation sites excluding steroid dienone is 4. The van der Waals surface area contributed by atoms with Crippen LogP contribution in [0.3, 0.4) is 0 Å². The highest BCUT2D eigenvalue weighted by Crippen LogP contribution is 2.21. The lowest BCUT2D eigenvalue weighted by Crippen LogP contribution is -2.25. The van der Waals surface area contributed by atoms with Gasteiger partial charge in [0.05, 0.1) is 0 Å². The second-order valence-electron chi connectivity index (χ2n) is 5.33. The highest BCUT2D eigenvalue weighted by Gasteiger charge is 2.13. The number of amides is 1. The Morgan fingerprint density at radius 2 is 2.23 bits per heavy atom. The zero-order valence-electron chi connectivity index (χ0n) is 12.3. The zero-order chi connectivity index (χ0) is 15.5. The second-order valence-corrected chi connectivity index (χ2v) is 5.33. The predicted molar refractivity (Wildman–Crippen MR) is 86.3 cm³/mol. The molecule has 0 atom stereocenters. The highest BCUT2D eigenvalue weighted by molar-refractivity contribution is 5.98. The van der Waals surface area contributed by atoms with Gasteiger partial charge in [0.1, 0.15) is 11.5 Å². The van der Waals surface area contributed by atoms with E-state index >= 15 is 0 Å². The molecule has 3 nitrogen and oxygen atoms in total. The van der Waals surface area contributed by atoms with Crippen molar-refractivity contribution in [2.24, 2.45) is 0 Å². The fourth-order valence-corrected chi connectivity index (χ4v) is 2.43. The van der Waals surface area contributed by atoms with E-state index in [2.05, 4.69) is 16.4 Å². The van der Waals surface area contributed by atoms with Gasteiger partial charge in [-0.15, -0.1) is 0 Å². The van der Waals surface area contributed by atoms with E-state index < -0.39 is 0 Å². The summed E-state index contributed by atoms with van der Waals surface area (Å²) in [4.78, 5) is 15.2. The Hall–Kier alpha value is -2.62. The van der Waals surface area contributed by atoms with Gasteiger partial charge in [-0.1, -0.05) is 36.4 Å². The lowest BCUT2D eigenvalue weighted by atomic mass is 10.1. The third-order valence-electron chi connectivity index (χ3n) is 3.70. The zero-order valence-corrected chi connectivity index (χ0v) is 12.3. The van der Waals surface area contributed by atoms with Crippen LogP contribution in [-0.4, -0.2) is 17.4 Å². The van der Waals surface area contributed by atoms with Gasteiger partial charge in [0, 0.05) is 17.4 Å². The monoisotopic (exact) mass is 296 g/mol. The Morgan fingerprint density at radius 1 is 1.36 bits per heavy atom. The van der Waals surface area contributed by atoms with E-state index in [1.54, 1.807) is 25.1 Å². The highest BCUT2D eigenvalue weighted by atomic mass is 19.1. The fourth-order valence-electron chi connectivity index (χ4n) is 2.43. The van der Waals surface area contributed by atoms with Crippen molar-refractivity contribution < 1.29 is 9.18 Å². The van der Waals surface area contributed by atoms with E-state index in [4.69, 9.17) is 0 Å². The first-order valence-corrected chi connectivity index (χ1v) is 7.23. The van der Waals surface area contributed by atoms with E-state index in [1.807, 2.05) is 24.3 Å². The molecule has 0 fully saturated rings. The average molecular weight is 296 g/mol. The lowest BCUT2D eigenvalue weighted by Gasteiger charge is -2.04. The number of carbonyl (C=O) groups excluding carboxylic acids is 1. The van der Waals surface area contributed by atoms with Crippen LogP contribution in [0.4, 0.5) is 4.39 Å². The van der Waals surface area contributed by atoms with Crippen LogP contribution in [0.15, 0.2) is 54.2 Å². The number of halogens is 1. The quantitative estimate of drug-likeness (QED) is 0.889. The van der Waals surface area contributed by atoms with Crippen molar-refractivity contribution in [1.82, 2.24) is 10.3 Å². The predicted octanol–water partition coefficient (Wildman–Crippen LogP) is 3.79. The molecule has 1 aliphatic carbocycles. The van der Waals surface area contributed by atoms with Crippen molar-refractivity contribution in [2.75, 3.05) is 6.54 Å². The summed E-state index contributed by atoms with van der Waals surface area (Å²) in [6, 6.07) is 5.04. The van der Waals surface area contributed by atoms with Crippen LogP contribution in [0, 0.1) is 12.7 Å². The first-order chi connectivity index (χ1) is 10.6. The Bertz CT molecular complexity index is 812. The molecule has 22 heavy (non-hydrogen) atoms. The summed E-state index contributed by atoms with van der Waals surface area (Å²) < 4.78 is 14.0. The molecule has 1 aromatic carbocycles. The number of fused-ring (bicyclic) bond motifs is 1. The van der Waals surface area contributed by atoms with Crippen molar-refractivity contribution in [3.8, 4) is 0 Å². The van der Waals surface area contributed by atoms with Gasteiger partial charge < -0.3 is 10.3 Å². The molecule has 0 spiro atoms. The van der Waals surface area contributed by atoms with Gasteiger partial charge in [0.15, 0.2) is 0 Å². The average Bonchev–Trinajstić information content (AvgIpc) is 2.78. The molecule has 1 amide bonds. The van der Waals surface area contributed by atoms with Crippen LogP contribution in [0.25, 0.3) is 10.9 Å². The number of benzene rings is 1. The summed E-state index contributed by atoms with van der Waals surface area (Å²) in [6.07, 6.45) is 10.9. The smallest absolute Gasteiger partial charge is 0.267 e. The Balaban J connectivity index is 1.75. The minimum atomic E-state index is -0.284. The molecule has 1 aliphatic rings. The number of rotatable bonds is 3. The van der Waals surface area contributed by atoms with E-state index in [0.29, 0.717) is 28.7 Å². The molecule has 2 aromatic rings. The molecular weight excluding hydrogens is 279 g/mol. The number of carbonyl (C=O) groups is 1. The van der Waals surface area contributed by atoms with Gasteiger partial charge in [-0.2, -0.15) is 0 Å². The van der Waals surface area contributed by atoms with Crippen molar-refractivity contribution in [2.45, 2.75) is 13.3 Å². The summed E-state index contributed by atoms with van der Waals surface area (Å²) in [7, 11) is 0. The number of nitrogens with one attached hydrogen (secondary N) is 2. The topological polar surface area (TPSA) is 44.9 Å². The number of hydrogen-bond donors (Lipinski definition) is 2. The molecule has 4 heteroatoms. The number of H-pyrrole nitrogens is 1. The van der Waals surface area contributed by atoms with Gasteiger partial charge in [-0.25, -0.2) is 4.39 Å². The molecule has 0 unspecified atom stereocenters. The Kier molecular flexibility index (Phi) is 3.92. The first-order valence-electron chi connectivity index (χ1n) is 7.23. The minimum Gasteiger partial charge on any atom is -0.350 e. The first kappa shape index (κ1) is 14.3. The van der Waals surface area contributed by atoms with Crippen LogP contribution < -0.4 is 5.32 Å². The molecule has 3 rings (SSSR count). The number of hydrogen-bond acceptors (Lipinski definition) is 1. The molecule has 112 valence electrons. The van der Waals surface area contributed by atoms with E-state index in [1.165, 1.54) is 0 Å². The third kappa shape index (κ3) is 2.86. The summed E-state index contributed by atoms with van der Waals surface area (Å²) in [6.45, 7) is 2.16. The van der Waals surface area contributed by atoms with Crippen LogP contribution in [0.2, 0.25) is 0 Å². The van der Waals surface area contributed by atoms with Crippen molar-refractivity contribution >= 4 is 16.8 Å². The number of aromatic amines is 1. The van der Waals surface area contributed by atoms with E-state index in [0.717, 1.165) is 12.0 Å². The summed E-state index contributed by atoms with van der Waals surface area (Å²) >= 11 is 0. The molecule has 0 radical (unpaired) electrons. The van der Waals surface area contributed by atoms with E-state index in [-0.39, 0.29) is 11.7 Å². The molecular formula is C18H17FN2O. The lowest BCUT2D eigenvalue weighted by molar-refractivity contribution is 0.0953. The van der Waals surface area contributed by atoms with Gasteiger partial charge in [-0.05, 0) is 36.6 Å². The van der Waals surface area contributed by atoms with Crippen molar-refractivity contribution in [1.29, 1.82) is 0 Å². The molecule has 1 aromatic heterocycles. The normalized spacial score (nSPS) is 14.0. The van der Waals surface area contributed by atoms with E-state index in [9.17, 15) is 9.18 Å². The second kappa shape index (κ2) is 6.02. The third-order valence-corrected chi connectivity index (χ3v) is 3.70. The molecule has 2 N–H and O–H groups in total. The SMILES string of the molecule is Cc1ccc2[nH]c(C(=O)NCC3=CCC=CC=C3)cc2c1F. The van der Waals surface area contributed by atoms with Gasteiger partial charge in [0.2, 0.25) is 0 Å². The van der Waals surface area contributed by atoms with Crippen molar-refractivity contribution in [3.63, 3.8) is 0 Å². The van der Waals surface area contributed by atoms with Crippen LogP contribution >= 0.6 is 0 Å². The van der Waals surface area contributed by atoms with Gasteiger partial charge in [-0.3, -0.25) is 4.79 Å². The number of aromatic nitrogens is 1. The standard InChI is InChI=1S/C18H17FN2O/c1-12-8-9-15-14(17(12)19)10-16(21-15)18(22)20-11-13-6-4-2-3-5-7-13/h2-4,6-10,21H,5,11H2,1H3,(H,20,22). The molecule has 0 saturated heterocycles. The molecule has 1 heterocycles. The largest absolute Gasteiger partial charge is 0.350 e. The minimum absolute atomic E-state index is 0.236. The van der Waals surface area contributed by atoms with Crippen LogP contribution in [0.1, 0.15) is 22.5 Å². The molecule has 0 aliphatic heterocycles. The Labute approximate surface area is 128 Å².